The van der Waals surface area contributed by atoms with Gasteiger partial charge in [-0.1, -0.05) is 19.4 Å². The van der Waals surface area contributed by atoms with E-state index in [1.807, 2.05) is 29.8 Å². The highest BCUT2D eigenvalue weighted by molar-refractivity contribution is 14.1. The first-order chi connectivity index (χ1) is 5.72. The molecule has 0 fully saturated rings. The topological polar surface area (TPSA) is 29.5 Å². The number of nitrogens with zero attached hydrogens (tertiary/aromatic N) is 1. The highest BCUT2D eigenvalue weighted by atomic mass is 127. The lowest BCUT2D eigenvalue weighted by molar-refractivity contribution is 0.137. The van der Waals surface area contributed by atoms with Gasteiger partial charge in [0.2, 0.25) is 0 Å². The molecule has 0 radical (unpaired) electrons. The molecule has 0 saturated carbocycles. The molecule has 0 aliphatic carbocycles. The second-order valence-corrected chi connectivity index (χ2v) is 3.30. The summed E-state index contributed by atoms with van der Waals surface area (Å²) in [5, 5.41) is 0. The van der Waals surface area contributed by atoms with Crippen LogP contribution in [0.3, 0.4) is 0 Å². The number of ether oxygens (including phenoxy) is 1. The largest absolute Gasteiger partial charge is 0.449 e. The van der Waals surface area contributed by atoms with Gasteiger partial charge in [-0.3, -0.25) is 0 Å². The molecule has 0 aromatic heterocycles. The molecule has 0 unspecified atom stereocenters. The molecule has 0 aliphatic rings. The van der Waals surface area contributed by atoms with E-state index in [9.17, 15) is 4.79 Å². The van der Waals surface area contributed by atoms with E-state index in [2.05, 4.69) is 6.92 Å². The SMILES string of the molecule is CC=CN(I)C(=O)OCCCC. The van der Waals surface area contributed by atoms with Crippen LogP contribution in [0.15, 0.2) is 12.3 Å². The van der Waals surface area contributed by atoms with Gasteiger partial charge >= 0.3 is 6.09 Å². The summed E-state index contributed by atoms with van der Waals surface area (Å²) < 4.78 is 6.32. The van der Waals surface area contributed by atoms with Crippen molar-refractivity contribution in [2.24, 2.45) is 0 Å². The molecule has 0 N–H and O–H groups in total. The van der Waals surface area contributed by atoms with Crippen LogP contribution in [0, 0.1) is 0 Å². The molecule has 4 heteroatoms. The summed E-state index contributed by atoms with van der Waals surface area (Å²) in [6, 6.07) is 0. The Morgan fingerprint density at radius 2 is 2.33 bits per heavy atom. The first-order valence-corrected chi connectivity index (χ1v) is 4.93. The molecule has 0 rings (SSSR count). The molecular weight excluding hydrogens is 269 g/mol. The quantitative estimate of drug-likeness (QED) is 0.451. The zero-order chi connectivity index (χ0) is 9.40. The predicted octanol–water partition coefficient (Wildman–Crippen LogP) is 3.11. The minimum Gasteiger partial charge on any atom is -0.449 e. The van der Waals surface area contributed by atoms with Crippen molar-refractivity contribution in [1.82, 2.24) is 3.11 Å². The van der Waals surface area contributed by atoms with E-state index in [1.54, 1.807) is 12.3 Å². The minimum absolute atomic E-state index is 0.304. The zero-order valence-electron chi connectivity index (χ0n) is 7.42. The average molecular weight is 283 g/mol. The van der Waals surface area contributed by atoms with Crippen LogP contribution in [0.1, 0.15) is 26.7 Å². The minimum atomic E-state index is -0.304. The summed E-state index contributed by atoms with van der Waals surface area (Å²) in [6.45, 7) is 4.42. The van der Waals surface area contributed by atoms with Gasteiger partial charge in [-0.25, -0.2) is 7.91 Å². The number of unbranched alkanes of at least 4 members (excludes halogenated alkanes) is 1. The predicted molar refractivity (Wildman–Crippen MR) is 56.9 cm³/mol. The number of rotatable bonds is 4. The van der Waals surface area contributed by atoms with Crippen LogP contribution in [-0.4, -0.2) is 15.8 Å². The third-order valence-electron chi connectivity index (χ3n) is 1.18. The maximum Gasteiger partial charge on any atom is 0.422 e. The third-order valence-corrected chi connectivity index (χ3v) is 1.89. The maximum atomic E-state index is 11.1. The Morgan fingerprint density at radius 1 is 1.67 bits per heavy atom. The van der Waals surface area contributed by atoms with E-state index in [-0.39, 0.29) is 6.09 Å². The van der Waals surface area contributed by atoms with Crippen LogP contribution >= 0.6 is 22.9 Å². The van der Waals surface area contributed by atoms with E-state index in [0.29, 0.717) is 6.61 Å². The van der Waals surface area contributed by atoms with Gasteiger partial charge in [0.25, 0.3) is 0 Å². The molecule has 0 atom stereocenters. The Balaban J connectivity index is 3.57. The molecule has 0 aromatic carbocycles. The van der Waals surface area contributed by atoms with Crippen molar-refractivity contribution in [1.29, 1.82) is 0 Å². The van der Waals surface area contributed by atoms with Gasteiger partial charge in [0.05, 0.1) is 29.5 Å². The van der Waals surface area contributed by atoms with Crippen LogP contribution in [0.2, 0.25) is 0 Å². The molecule has 1 amide bonds. The van der Waals surface area contributed by atoms with Gasteiger partial charge in [0, 0.05) is 6.20 Å². The van der Waals surface area contributed by atoms with E-state index < -0.39 is 0 Å². The molecule has 0 heterocycles. The number of hydrogen-bond donors (Lipinski definition) is 0. The van der Waals surface area contributed by atoms with Crippen LogP contribution in [0.5, 0.6) is 0 Å². The fraction of sp³-hybridized carbons (Fsp3) is 0.625. The van der Waals surface area contributed by atoms with Crippen molar-refractivity contribution in [2.75, 3.05) is 6.61 Å². The summed E-state index contributed by atoms with van der Waals surface area (Å²) in [7, 11) is 0. The standard InChI is InChI=1S/C8H14INO2/c1-3-5-7-12-8(11)10(9)6-4-2/h4,6H,3,5,7H2,1-2H3. The van der Waals surface area contributed by atoms with Crippen LogP contribution in [0.25, 0.3) is 0 Å². The van der Waals surface area contributed by atoms with Crippen LogP contribution < -0.4 is 0 Å². The normalized spacial score (nSPS) is 10.2. The number of carbonyl (C=O) groups is 1. The molecule has 0 spiro atoms. The zero-order valence-corrected chi connectivity index (χ0v) is 9.58. The summed E-state index contributed by atoms with van der Waals surface area (Å²) in [6.07, 6.45) is 5.11. The number of allylic oxidation sites excluding steroid dienone is 1. The highest BCUT2D eigenvalue weighted by Gasteiger charge is 2.06. The third kappa shape index (κ3) is 5.40. The molecule has 70 valence electrons. The number of amides is 1. The van der Waals surface area contributed by atoms with Crippen molar-refractivity contribution in [3.05, 3.63) is 12.3 Å². The molecule has 3 nitrogen and oxygen atoms in total. The average Bonchev–Trinajstić information content (AvgIpc) is 2.05. The Kier molecular flexibility index (Phi) is 7.23. The first kappa shape index (κ1) is 11.7. The van der Waals surface area contributed by atoms with Crippen molar-refractivity contribution in [2.45, 2.75) is 26.7 Å². The smallest absolute Gasteiger partial charge is 0.422 e. The molecule has 12 heavy (non-hydrogen) atoms. The lowest BCUT2D eigenvalue weighted by Gasteiger charge is -2.09. The number of hydrogen-bond acceptors (Lipinski definition) is 2. The van der Waals surface area contributed by atoms with Crippen LogP contribution in [0.4, 0.5) is 4.79 Å². The Labute approximate surface area is 87.3 Å². The summed E-state index contributed by atoms with van der Waals surface area (Å²) in [5.74, 6) is 0. The lowest BCUT2D eigenvalue weighted by atomic mass is 10.4. The summed E-state index contributed by atoms with van der Waals surface area (Å²) in [5.41, 5.74) is 0. The number of halogens is 1. The fourth-order valence-electron chi connectivity index (χ4n) is 0.557. The van der Waals surface area contributed by atoms with Crippen LogP contribution in [-0.2, 0) is 4.74 Å². The van der Waals surface area contributed by atoms with Crippen molar-refractivity contribution < 1.29 is 9.53 Å². The molecule has 0 aliphatic heterocycles. The number of carbonyl (C=O) groups excluding carboxylic acids is 1. The highest BCUT2D eigenvalue weighted by Crippen LogP contribution is 2.03. The molecule has 0 bridgehead atoms. The van der Waals surface area contributed by atoms with Crippen molar-refractivity contribution >= 4 is 29.0 Å². The second-order valence-electron chi connectivity index (χ2n) is 2.26. The van der Waals surface area contributed by atoms with E-state index in [1.165, 1.54) is 3.11 Å². The summed E-state index contributed by atoms with van der Waals surface area (Å²) in [4.78, 5) is 11.1. The molecule has 0 saturated heterocycles. The van der Waals surface area contributed by atoms with Gasteiger partial charge in [0.1, 0.15) is 0 Å². The second kappa shape index (κ2) is 7.39. The van der Waals surface area contributed by atoms with Gasteiger partial charge in [-0.2, -0.15) is 0 Å². The first-order valence-electron chi connectivity index (χ1n) is 3.97. The van der Waals surface area contributed by atoms with Gasteiger partial charge < -0.3 is 4.74 Å². The van der Waals surface area contributed by atoms with Crippen molar-refractivity contribution in [3.8, 4) is 0 Å². The van der Waals surface area contributed by atoms with E-state index in [0.717, 1.165) is 12.8 Å². The Morgan fingerprint density at radius 3 is 2.83 bits per heavy atom. The molecular formula is C8H14INO2. The maximum absolute atomic E-state index is 11.1. The fourth-order valence-corrected chi connectivity index (χ4v) is 1.02. The summed E-state index contributed by atoms with van der Waals surface area (Å²) >= 11 is 1.89. The Hall–Kier alpha value is -0.260. The van der Waals surface area contributed by atoms with Gasteiger partial charge in [0.15, 0.2) is 0 Å². The van der Waals surface area contributed by atoms with Gasteiger partial charge in [-0.15, -0.1) is 0 Å². The van der Waals surface area contributed by atoms with E-state index in [4.69, 9.17) is 4.74 Å². The Bertz CT molecular complexity index is 159. The van der Waals surface area contributed by atoms with E-state index >= 15 is 0 Å². The van der Waals surface area contributed by atoms with Gasteiger partial charge in [-0.05, 0) is 13.3 Å². The lowest BCUT2D eigenvalue weighted by Crippen LogP contribution is -2.16. The van der Waals surface area contributed by atoms with Crippen molar-refractivity contribution in [3.63, 3.8) is 0 Å². The molecule has 0 aromatic rings. The monoisotopic (exact) mass is 283 g/mol.